The van der Waals surface area contributed by atoms with Crippen molar-refractivity contribution in [2.45, 2.75) is 13.0 Å². The van der Waals surface area contributed by atoms with Gasteiger partial charge in [0, 0.05) is 5.70 Å². The van der Waals surface area contributed by atoms with Crippen LogP contribution >= 0.6 is 0 Å². The first-order valence-electron chi connectivity index (χ1n) is 7.96. The maximum atomic E-state index is 12.5. The van der Waals surface area contributed by atoms with Gasteiger partial charge in [0.05, 0.1) is 27.4 Å². The Kier molecular flexibility index (Phi) is 6.16. The number of benzene rings is 1. The number of hydrogen-bond donors (Lipinski definition) is 0. The molecule has 1 aromatic rings. The number of carbonyl (C=O) groups is 3. The van der Waals surface area contributed by atoms with Crippen molar-refractivity contribution in [1.82, 2.24) is 4.90 Å². The Morgan fingerprint density at radius 2 is 1.65 bits per heavy atom. The van der Waals surface area contributed by atoms with Crippen molar-refractivity contribution >= 4 is 24.1 Å². The fraction of sp³-hybridized carbons (Fsp3) is 0.316. The molecule has 2 rings (SSSR count). The van der Waals surface area contributed by atoms with E-state index >= 15 is 0 Å². The third-order valence-corrected chi connectivity index (χ3v) is 4.11. The van der Waals surface area contributed by atoms with Crippen LogP contribution in [0.15, 0.2) is 42.1 Å². The van der Waals surface area contributed by atoms with Gasteiger partial charge in [-0.3, -0.25) is 14.5 Å². The molecular formula is C19H21NO6. The van der Waals surface area contributed by atoms with Crippen molar-refractivity contribution in [2.24, 2.45) is 5.92 Å². The summed E-state index contributed by atoms with van der Waals surface area (Å²) in [5.41, 5.74) is 1.89. The molecule has 1 amide bonds. The van der Waals surface area contributed by atoms with E-state index in [1.54, 1.807) is 37.3 Å². The van der Waals surface area contributed by atoms with Gasteiger partial charge < -0.3 is 14.2 Å². The molecule has 1 unspecified atom stereocenters. The molecule has 0 radical (unpaired) electrons. The van der Waals surface area contributed by atoms with E-state index < -0.39 is 30.0 Å². The highest BCUT2D eigenvalue weighted by Gasteiger charge is 2.46. The van der Waals surface area contributed by atoms with Crippen LogP contribution < -0.4 is 0 Å². The number of nitrogens with zero attached hydrogens (tertiary/aromatic N) is 1. The summed E-state index contributed by atoms with van der Waals surface area (Å²) in [5.74, 6) is -2.96. The number of allylic oxidation sites excluding steroid dienone is 2. The van der Waals surface area contributed by atoms with E-state index in [9.17, 15) is 14.4 Å². The molecule has 7 heteroatoms. The Morgan fingerprint density at radius 3 is 2.19 bits per heavy atom. The van der Waals surface area contributed by atoms with E-state index in [0.717, 1.165) is 5.56 Å². The second-order valence-electron chi connectivity index (χ2n) is 5.51. The third kappa shape index (κ3) is 3.46. The van der Waals surface area contributed by atoms with Crippen molar-refractivity contribution < 1.29 is 28.6 Å². The molecule has 1 aliphatic rings. The molecule has 0 saturated heterocycles. The Bertz CT molecular complexity index is 751. The topological polar surface area (TPSA) is 82.1 Å². The van der Waals surface area contributed by atoms with E-state index in [1.165, 1.54) is 26.2 Å². The van der Waals surface area contributed by atoms with Crippen molar-refractivity contribution in [1.29, 1.82) is 0 Å². The van der Waals surface area contributed by atoms with Gasteiger partial charge in [-0.05, 0) is 30.2 Å². The van der Waals surface area contributed by atoms with Gasteiger partial charge in [0.25, 0.3) is 0 Å². The molecule has 0 fully saturated rings. The normalized spacial score (nSPS) is 16.1. The molecule has 1 aliphatic heterocycles. The minimum absolute atomic E-state index is 0.487. The number of ether oxygens (including phenoxy) is 3. The quantitative estimate of drug-likeness (QED) is 0.467. The first-order chi connectivity index (χ1) is 12.5. The van der Waals surface area contributed by atoms with Crippen LogP contribution in [0, 0.1) is 5.92 Å². The highest BCUT2D eigenvalue weighted by Crippen LogP contribution is 2.40. The van der Waals surface area contributed by atoms with Crippen LogP contribution in [-0.2, 0) is 23.8 Å². The predicted molar refractivity (Wildman–Crippen MR) is 93.7 cm³/mol. The van der Waals surface area contributed by atoms with Gasteiger partial charge >= 0.3 is 18.0 Å². The zero-order valence-corrected chi connectivity index (χ0v) is 15.1. The van der Waals surface area contributed by atoms with Gasteiger partial charge in [-0.2, -0.15) is 0 Å². The molecule has 1 heterocycles. The van der Waals surface area contributed by atoms with Crippen molar-refractivity contribution in [3.05, 3.63) is 53.2 Å². The van der Waals surface area contributed by atoms with E-state index in [2.05, 4.69) is 0 Å². The molecule has 0 bridgehead atoms. The first-order valence-corrected chi connectivity index (χ1v) is 7.96. The Balaban J connectivity index is 2.74. The number of methoxy groups -OCH3 is 3. The van der Waals surface area contributed by atoms with E-state index in [0.29, 0.717) is 11.3 Å². The summed E-state index contributed by atoms with van der Waals surface area (Å²) in [6.45, 7) is 1.80. The lowest BCUT2D eigenvalue weighted by atomic mass is 9.85. The summed E-state index contributed by atoms with van der Waals surface area (Å²) in [6, 6.07) is 6.22. The fourth-order valence-electron chi connectivity index (χ4n) is 2.99. The summed E-state index contributed by atoms with van der Waals surface area (Å²) in [6.07, 6.45) is 4.53. The Hall–Kier alpha value is -3.09. The maximum Gasteiger partial charge on any atom is 0.414 e. The standard InChI is InChI=1S/C19H21NO6/c1-5-8-13-11-12-9-6-7-10-14(12)16(20(13)19(23)26-4)15(17(21)24-2)18(22)25-3/h5-11,15-16H,1-4H3/b8-5+. The summed E-state index contributed by atoms with van der Waals surface area (Å²) in [4.78, 5) is 38.6. The molecule has 7 nitrogen and oxygen atoms in total. The first kappa shape index (κ1) is 19.2. The van der Waals surface area contributed by atoms with Gasteiger partial charge in [0.15, 0.2) is 5.92 Å². The van der Waals surface area contributed by atoms with Crippen LogP contribution in [0.25, 0.3) is 6.08 Å². The van der Waals surface area contributed by atoms with E-state index in [4.69, 9.17) is 14.2 Å². The minimum atomic E-state index is -1.36. The van der Waals surface area contributed by atoms with Crippen LogP contribution in [0.4, 0.5) is 4.79 Å². The Morgan fingerprint density at radius 1 is 1.04 bits per heavy atom. The monoisotopic (exact) mass is 359 g/mol. The molecule has 0 aromatic heterocycles. The molecule has 0 spiro atoms. The van der Waals surface area contributed by atoms with Crippen LogP contribution in [0.2, 0.25) is 0 Å². The molecule has 0 saturated carbocycles. The SMILES string of the molecule is C/C=C/C1=Cc2ccccc2C(C(C(=O)OC)C(=O)OC)N1C(=O)OC. The number of rotatable bonds is 4. The number of carbonyl (C=O) groups excluding carboxylic acids is 3. The summed E-state index contributed by atoms with van der Waals surface area (Å²) in [5, 5.41) is 0. The van der Waals surface area contributed by atoms with Crippen molar-refractivity contribution in [3.63, 3.8) is 0 Å². The Labute approximate surface area is 151 Å². The lowest BCUT2D eigenvalue weighted by Crippen LogP contribution is -2.45. The minimum Gasteiger partial charge on any atom is -0.468 e. The largest absolute Gasteiger partial charge is 0.468 e. The smallest absolute Gasteiger partial charge is 0.414 e. The number of amides is 1. The highest BCUT2D eigenvalue weighted by atomic mass is 16.6. The third-order valence-electron chi connectivity index (χ3n) is 4.11. The van der Waals surface area contributed by atoms with Crippen LogP contribution in [0.3, 0.4) is 0 Å². The van der Waals surface area contributed by atoms with Gasteiger partial charge in [0.1, 0.15) is 0 Å². The average molecular weight is 359 g/mol. The molecule has 1 atom stereocenters. The number of fused-ring (bicyclic) bond motifs is 1. The van der Waals surface area contributed by atoms with Crippen LogP contribution in [0.1, 0.15) is 24.1 Å². The zero-order chi connectivity index (χ0) is 19.3. The summed E-state index contributed by atoms with van der Waals surface area (Å²) in [7, 11) is 3.59. The molecular weight excluding hydrogens is 338 g/mol. The number of hydrogen-bond acceptors (Lipinski definition) is 6. The van der Waals surface area contributed by atoms with Crippen molar-refractivity contribution in [3.8, 4) is 0 Å². The average Bonchev–Trinajstić information content (AvgIpc) is 2.67. The van der Waals surface area contributed by atoms with Gasteiger partial charge in [-0.15, -0.1) is 0 Å². The van der Waals surface area contributed by atoms with Crippen molar-refractivity contribution in [2.75, 3.05) is 21.3 Å². The fourth-order valence-corrected chi connectivity index (χ4v) is 2.99. The predicted octanol–water partition coefficient (Wildman–Crippen LogP) is 2.69. The lowest BCUT2D eigenvalue weighted by molar-refractivity contribution is -0.161. The number of esters is 2. The molecule has 0 N–H and O–H groups in total. The molecule has 138 valence electrons. The van der Waals surface area contributed by atoms with E-state index in [-0.39, 0.29) is 0 Å². The van der Waals surface area contributed by atoms with Gasteiger partial charge in [-0.1, -0.05) is 30.3 Å². The molecule has 1 aromatic carbocycles. The zero-order valence-electron chi connectivity index (χ0n) is 15.1. The van der Waals surface area contributed by atoms with Gasteiger partial charge in [-0.25, -0.2) is 4.79 Å². The second kappa shape index (κ2) is 8.33. The highest BCUT2D eigenvalue weighted by molar-refractivity contribution is 5.97. The van der Waals surface area contributed by atoms with Crippen LogP contribution in [-0.4, -0.2) is 44.3 Å². The summed E-state index contributed by atoms with van der Waals surface area (Å²) >= 11 is 0. The summed E-state index contributed by atoms with van der Waals surface area (Å²) < 4.78 is 14.5. The second-order valence-corrected chi connectivity index (χ2v) is 5.51. The maximum absolute atomic E-state index is 12.5. The van der Waals surface area contributed by atoms with Gasteiger partial charge in [0.2, 0.25) is 0 Å². The molecule has 0 aliphatic carbocycles. The van der Waals surface area contributed by atoms with E-state index in [1.807, 2.05) is 12.1 Å². The van der Waals surface area contributed by atoms with Crippen LogP contribution in [0.5, 0.6) is 0 Å². The lowest BCUT2D eigenvalue weighted by Gasteiger charge is -2.38. The molecule has 26 heavy (non-hydrogen) atoms.